The zero-order valence-electron chi connectivity index (χ0n) is 10.7. The molecule has 1 aliphatic carbocycles. The molecule has 1 aromatic heterocycles. The highest BCUT2D eigenvalue weighted by molar-refractivity contribution is 9.10. The third-order valence-corrected chi connectivity index (χ3v) is 4.85. The Morgan fingerprint density at radius 3 is 2.79 bits per heavy atom. The second kappa shape index (κ2) is 4.74. The third kappa shape index (κ3) is 2.09. The smallest absolute Gasteiger partial charge is 0.139 e. The molecule has 1 heterocycles. The van der Waals surface area contributed by atoms with Gasteiger partial charge in [0.25, 0.3) is 0 Å². The molecule has 0 saturated heterocycles. The van der Waals surface area contributed by atoms with Crippen LogP contribution >= 0.6 is 27.5 Å². The molecular formula is C14H15BrClFN2. The molecule has 0 radical (unpaired) electrons. The molecular weight excluding hydrogens is 331 g/mol. The third-order valence-electron chi connectivity index (χ3n) is 4.05. The summed E-state index contributed by atoms with van der Waals surface area (Å²) in [6, 6.07) is 3.33. The average Bonchev–Trinajstić information content (AvgIpc) is 2.65. The van der Waals surface area contributed by atoms with E-state index in [4.69, 9.17) is 11.6 Å². The van der Waals surface area contributed by atoms with Crippen molar-refractivity contribution in [3.63, 3.8) is 0 Å². The Kier molecular flexibility index (Phi) is 3.34. The molecule has 0 amide bonds. The predicted octanol–water partition coefficient (Wildman–Crippen LogP) is 4.62. The Morgan fingerprint density at radius 1 is 1.47 bits per heavy atom. The summed E-state index contributed by atoms with van der Waals surface area (Å²) < 4.78 is 16.4. The van der Waals surface area contributed by atoms with Crippen LogP contribution in [-0.2, 0) is 12.0 Å². The quantitative estimate of drug-likeness (QED) is 0.742. The molecule has 0 atom stereocenters. The summed E-state index contributed by atoms with van der Waals surface area (Å²) in [4.78, 5) is 4.57. The van der Waals surface area contributed by atoms with Gasteiger partial charge in [0.15, 0.2) is 0 Å². The van der Waals surface area contributed by atoms with Crippen molar-refractivity contribution in [2.24, 2.45) is 0 Å². The van der Waals surface area contributed by atoms with Gasteiger partial charge in [-0.2, -0.15) is 0 Å². The van der Waals surface area contributed by atoms with Crippen molar-refractivity contribution in [3.05, 3.63) is 28.2 Å². The minimum Gasteiger partial charge on any atom is -0.322 e. The molecule has 5 heteroatoms. The second-order valence-corrected chi connectivity index (χ2v) is 6.64. The summed E-state index contributed by atoms with van der Waals surface area (Å²) in [6.45, 7) is 2.24. The Balaban J connectivity index is 2.25. The Labute approximate surface area is 125 Å². The van der Waals surface area contributed by atoms with Gasteiger partial charge in [-0.05, 0) is 48.2 Å². The topological polar surface area (TPSA) is 17.8 Å². The van der Waals surface area contributed by atoms with Crippen LogP contribution in [0.3, 0.4) is 0 Å². The molecule has 1 saturated carbocycles. The van der Waals surface area contributed by atoms with E-state index in [1.807, 2.05) is 6.07 Å². The molecule has 2 nitrogen and oxygen atoms in total. The van der Waals surface area contributed by atoms with Gasteiger partial charge in [0.05, 0.1) is 15.5 Å². The summed E-state index contributed by atoms with van der Waals surface area (Å²) in [6.07, 6.45) is 4.23. The molecule has 19 heavy (non-hydrogen) atoms. The van der Waals surface area contributed by atoms with E-state index >= 15 is 0 Å². The lowest BCUT2D eigenvalue weighted by Crippen LogP contribution is -2.38. The average molecular weight is 346 g/mol. The van der Waals surface area contributed by atoms with Crippen LogP contribution in [0.2, 0.25) is 0 Å². The maximum Gasteiger partial charge on any atom is 0.139 e. The number of rotatable bonds is 3. The standard InChI is InChI=1S/C14H15BrClFN2/c1-14(4-2-5-14)19-12-7-9(15)10(17)8-11(12)18-13(19)3-6-16/h7-8H,2-6H2,1H3. The number of benzene rings is 1. The second-order valence-electron chi connectivity index (χ2n) is 5.41. The monoisotopic (exact) mass is 344 g/mol. The van der Waals surface area contributed by atoms with Gasteiger partial charge in [0.2, 0.25) is 0 Å². The van der Waals surface area contributed by atoms with Crippen LogP contribution in [0.1, 0.15) is 32.0 Å². The molecule has 1 aromatic carbocycles. The summed E-state index contributed by atoms with van der Waals surface area (Å²) in [5.41, 5.74) is 1.82. The molecule has 1 aliphatic rings. The minimum absolute atomic E-state index is 0.105. The van der Waals surface area contributed by atoms with E-state index in [9.17, 15) is 4.39 Å². The molecule has 3 rings (SSSR count). The first kappa shape index (κ1) is 13.4. The van der Waals surface area contributed by atoms with Crippen LogP contribution in [0, 0.1) is 5.82 Å². The molecule has 0 spiro atoms. The first-order chi connectivity index (χ1) is 9.05. The van der Waals surface area contributed by atoms with Gasteiger partial charge in [0.1, 0.15) is 11.6 Å². The van der Waals surface area contributed by atoms with E-state index in [0.717, 1.165) is 24.2 Å². The largest absolute Gasteiger partial charge is 0.322 e. The number of alkyl halides is 1. The van der Waals surface area contributed by atoms with Crippen molar-refractivity contribution in [3.8, 4) is 0 Å². The number of hydrogen-bond donors (Lipinski definition) is 0. The van der Waals surface area contributed by atoms with Gasteiger partial charge in [-0.25, -0.2) is 9.37 Å². The van der Waals surface area contributed by atoms with Gasteiger partial charge in [-0.3, -0.25) is 0 Å². The zero-order chi connectivity index (χ0) is 13.6. The van der Waals surface area contributed by atoms with Crippen molar-refractivity contribution in [1.29, 1.82) is 0 Å². The van der Waals surface area contributed by atoms with Crippen LogP contribution in [0.5, 0.6) is 0 Å². The van der Waals surface area contributed by atoms with Gasteiger partial charge < -0.3 is 4.57 Å². The van der Waals surface area contributed by atoms with Gasteiger partial charge in [-0.15, -0.1) is 11.6 Å². The molecule has 0 unspecified atom stereocenters. The summed E-state index contributed by atoms with van der Waals surface area (Å²) in [5, 5.41) is 0. The minimum atomic E-state index is -0.270. The van der Waals surface area contributed by atoms with E-state index in [1.165, 1.54) is 12.5 Å². The van der Waals surface area contributed by atoms with Crippen LogP contribution < -0.4 is 0 Å². The van der Waals surface area contributed by atoms with Crippen molar-refractivity contribution in [2.45, 2.75) is 38.1 Å². The van der Waals surface area contributed by atoms with E-state index in [-0.39, 0.29) is 11.4 Å². The van der Waals surface area contributed by atoms with E-state index < -0.39 is 0 Å². The first-order valence-corrected chi connectivity index (χ1v) is 7.81. The Hall–Kier alpha value is -0.610. The van der Waals surface area contributed by atoms with Crippen LogP contribution in [0.4, 0.5) is 4.39 Å². The van der Waals surface area contributed by atoms with Crippen molar-refractivity contribution >= 4 is 38.6 Å². The summed E-state index contributed by atoms with van der Waals surface area (Å²) >= 11 is 9.14. The van der Waals surface area contributed by atoms with Gasteiger partial charge >= 0.3 is 0 Å². The molecule has 0 N–H and O–H groups in total. The predicted molar refractivity (Wildman–Crippen MR) is 79.3 cm³/mol. The number of fused-ring (bicyclic) bond motifs is 1. The fraction of sp³-hybridized carbons (Fsp3) is 0.500. The fourth-order valence-electron chi connectivity index (χ4n) is 2.89. The highest BCUT2D eigenvalue weighted by Crippen LogP contribution is 2.42. The number of hydrogen-bond acceptors (Lipinski definition) is 1. The molecule has 0 bridgehead atoms. The number of halogens is 3. The summed E-state index contributed by atoms with van der Waals surface area (Å²) in [7, 11) is 0. The van der Waals surface area contributed by atoms with E-state index in [0.29, 0.717) is 22.3 Å². The lowest BCUT2D eigenvalue weighted by molar-refractivity contribution is 0.170. The van der Waals surface area contributed by atoms with E-state index in [2.05, 4.69) is 32.4 Å². The molecule has 102 valence electrons. The van der Waals surface area contributed by atoms with Crippen molar-refractivity contribution in [1.82, 2.24) is 9.55 Å². The highest BCUT2D eigenvalue weighted by Gasteiger charge is 2.36. The van der Waals surface area contributed by atoms with Crippen molar-refractivity contribution in [2.75, 3.05) is 5.88 Å². The molecule has 1 fully saturated rings. The number of nitrogens with zero attached hydrogens (tertiary/aromatic N) is 2. The Bertz CT molecular complexity index is 634. The SMILES string of the molecule is CC1(n2c(CCCl)nc3cc(F)c(Br)cc32)CCC1. The number of aromatic nitrogens is 2. The highest BCUT2D eigenvalue weighted by atomic mass is 79.9. The maximum absolute atomic E-state index is 13.6. The normalized spacial score (nSPS) is 17.7. The first-order valence-electron chi connectivity index (χ1n) is 6.48. The lowest BCUT2D eigenvalue weighted by atomic mass is 9.78. The lowest BCUT2D eigenvalue weighted by Gasteiger charge is -2.41. The van der Waals surface area contributed by atoms with Crippen LogP contribution in [-0.4, -0.2) is 15.4 Å². The molecule has 2 aromatic rings. The fourth-order valence-corrected chi connectivity index (χ4v) is 3.39. The zero-order valence-corrected chi connectivity index (χ0v) is 13.1. The number of aryl methyl sites for hydroxylation is 1. The van der Waals surface area contributed by atoms with Crippen molar-refractivity contribution < 1.29 is 4.39 Å². The van der Waals surface area contributed by atoms with Crippen LogP contribution in [0.15, 0.2) is 16.6 Å². The summed E-state index contributed by atoms with van der Waals surface area (Å²) in [5.74, 6) is 1.22. The van der Waals surface area contributed by atoms with E-state index in [1.54, 1.807) is 0 Å². The van der Waals surface area contributed by atoms with Gasteiger partial charge in [0, 0.05) is 23.9 Å². The molecule has 0 aliphatic heterocycles. The maximum atomic E-state index is 13.6. The van der Waals surface area contributed by atoms with Crippen LogP contribution in [0.25, 0.3) is 11.0 Å². The number of imidazole rings is 1. The Morgan fingerprint density at radius 2 is 2.21 bits per heavy atom. The van der Waals surface area contributed by atoms with Gasteiger partial charge in [-0.1, -0.05) is 0 Å².